The largest absolute Gasteiger partial charge is 0.469 e. The van der Waals surface area contributed by atoms with Gasteiger partial charge in [-0.05, 0) is 44.6 Å². The molecule has 7 heteroatoms. The van der Waals surface area contributed by atoms with Crippen molar-refractivity contribution in [2.45, 2.75) is 51.9 Å². The van der Waals surface area contributed by atoms with Crippen LogP contribution in [0.2, 0.25) is 0 Å². The molecule has 1 aliphatic rings. The molecule has 0 aliphatic heterocycles. The fourth-order valence-corrected chi connectivity index (χ4v) is 4.05. The zero-order chi connectivity index (χ0) is 17.5. The smallest absolute Gasteiger partial charge is 0.341 e. The summed E-state index contributed by atoms with van der Waals surface area (Å²) < 4.78 is 9.70. The number of fused-ring (bicyclic) bond motifs is 1. The van der Waals surface area contributed by atoms with Crippen LogP contribution in [0, 0.1) is 0 Å². The van der Waals surface area contributed by atoms with Crippen LogP contribution >= 0.6 is 11.3 Å². The number of amides is 1. The molecule has 132 valence electrons. The summed E-state index contributed by atoms with van der Waals surface area (Å²) >= 11 is 1.47. The summed E-state index contributed by atoms with van der Waals surface area (Å²) in [7, 11) is 1.35. The summed E-state index contributed by atoms with van der Waals surface area (Å²) in [5.74, 6) is -0.780. The van der Waals surface area contributed by atoms with E-state index in [1.807, 2.05) is 0 Å². The molecule has 0 fully saturated rings. The van der Waals surface area contributed by atoms with Crippen LogP contribution < -0.4 is 5.32 Å². The number of unbranched alkanes of at least 4 members (excludes halogenated alkanes) is 1. The van der Waals surface area contributed by atoms with Crippen molar-refractivity contribution in [3.63, 3.8) is 0 Å². The standard InChI is InChI=1S/C17H23NO5S/c1-3-23-17(21)15-11-7-6-8-12(11)24-16(15)18-13(19)9-4-5-10-14(20)22-2/h3-10H2,1-2H3,(H,18,19). The topological polar surface area (TPSA) is 81.7 Å². The van der Waals surface area contributed by atoms with Crippen molar-refractivity contribution in [2.24, 2.45) is 0 Å². The minimum atomic E-state index is -0.363. The fourth-order valence-electron chi connectivity index (χ4n) is 2.76. The maximum absolute atomic E-state index is 12.2. The Bertz CT molecular complexity index is 623. The van der Waals surface area contributed by atoms with E-state index in [0.29, 0.717) is 42.9 Å². The number of rotatable bonds is 8. The number of anilines is 1. The molecule has 1 amide bonds. The molecule has 0 saturated carbocycles. The van der Waals surface area contributed by atoms with Gasteiger partial charge in [0.1, 0.15) is 5.00 Å². The number of methoxy groups -OCH3 is 1. The van der Waals surface area contributed by atoms with Gasteiger partial charge in [-0.2, -0.15) is 0 Å². The number of aryl methyl sites for hydroxylation is 1. The van der Waals surface area contributed by atoms with Crippen LogP contribution in [-0.2, 0) is 31.9 Å². The number of esters is 2. The minimum absolute atomic E-state index is 0.148. The van der Waals surface area contributed by atoms with Crippen LogP contribution in [0.1, 0.15) is 59.8 Å². The molecule has 0 atom stereocenters. The highest BCUT2D eigenvalue weighted by Crippen LogP contribution is 2.39. The third-order valence-electron chi connectivity index (χ3n) is 3.92. The van der Waals surface area contributed by atoms with Gasteiger partial charge in [-0.3, -0.25) is 9.59 Å². The van der Waals surface area contributed by atoms with Crippen LogP contribution in [0.15, 0.2) is 0 Å². The lowest BCUT2D eigenvalue weighted by molar-refractivity contribution is -0.140. The Morgan fingerprint density at radius 3 is 2.62 bits per heavy atom. The first-order valence-electron chi connectivity index (χ1n) is 8.25. The molecule has 0 saturated heterocycles. The van der Waals surface area contributed by atoms with Crippen molar-refractivity contribution in [2.75, 3.05) is 19.0 Å². The molecule has 1 aliphatic carbocycles. The second kappa shape index (κ2) is 8.82. The number of carbonyl (C=O) groups excluding carboxylic acids is 3. The Kier molecular flexibility index (Phi) is 6.78. The van der Waals surface area contributed by atoms with Crippen molar-refractivity contribution in [1.82, 2.24) is 0 Å². The predicted molar refractivity (Wildman–Crippen MR) is 91.4 cm³/mol. The Morgan fingerprint density at radius 1 is 1.17 bits per heavy atom. The van der Waals surface area contributed by atoms with Crippen molar-refractivity contribution >= 4 is 34.2 Å². The van der Waals surface area contributed by atoms with Gasteiger partial charge in [-0.1, -0.05) is 0 Å². The maximum Gasteiger partial charge on any atom is 0.341 e. The van der Waals surface area contributed by atoms with E-state index in [1.54, 1.807) is 6.92 Å². The summed E-state index contributed by atoms with van der Waals surface area (Å²) in [6.07, 6.45) is 4.66. The maximum atomic E-state index is 12.2. The molecule has 0 aromatic carbocycles. The number of hydrogen-bond acceptors (Lipinski definition) is 6. The number of thiophene rings is 1. The molecule has 24 heavy (non-hydrogen) atoms. The highest BCUT2D eigenvalue weighted by Gasteiger charge is 2.28. The highest BCUT2D eigenvalue weighted by atomic mass is 32.1. The zero-order valence-corrected chi connectivity index (χ0v) is 14.9. The first-order valence-corrected chi connectivity index (χ1v) is 9.06. The van der Waals surface area contributed by atoms with E-state index >= 15 is 0 Å². The van der Waals surface area contributed by atoms with E-state index in [9.17, 15) is 14.4 Å². The third-order valence-corrected chi connectivity index (χ3v) is 5.12. The number of carbonyl (C=O) groups is 3. The lowest BCUT2D eigenvalue weighted by atomic mass is 10.1. The summed E-state index contributed by atoms with van der Waals surface area (Å²) in [6, 6.07) is 0. The Balaban J connectivity index is 1.95. The Labute approximate surface area is 145 Å². The van der Waals surface area contributed by atoms with Gasteiger partial charge in [0.25, 0.3) is 0 Å². The first-order chi connectivity index (χ1) is 11.6. The SMILES string of the molecule is CCOC(=O)c1c(NC(=O)CCCCC(=O)OC)sc2c1CCC2. The van der Waals surface area contributed by atoms with E-state index in [2.05, 4.69) is 10.1 Å². The monoisotopic (exact) mass is 353 g/mol. The Morgan fingerprint density at radius 2 is 1.92 bits per heavy atom. The summed E-state index contributed by atoms with van der Waals surface area (Å²) in [5.41, 5.74) is 1.55. The molecule has 2 rings (SSSR count). The molecule has 6 nitrogen and oxygen atoms in total. The van der Waals surface area contributed by atoms with Crippen molar-refractivity contribution in [3.05, 3.63) is 16.0 Å². The normalized spacial score (nSPS) is 12.6. The Hall–Kier alpha value is -1.89. The lowest BCUT2D eigenvalue weighted by Crippen LogP contribution is -2.15. The van der Waals surface area contributed by atoms with Gasteiger partial charge >= 0.3 is 11.9 Å². The number of ether oxygens (including phenoxy) is 2. The molecule has 0 spiro atoms. The van der Waals surface area contributed by atoms with Crippen LogP contribution in [0.3, 0.4) is 0 Å². The van der Waals surface area contributed by atoms with Gasteiger partial charge in [-0.25, -0.2) is 4.79 Å². The quantitative estimate of drug-likeness (QED) is 0.574. The minimum Gasteiger partial charge on any atom is -0.469 e. The van der Waals surface area contributed by atoms with E-state index in [4.69, 9.17) is 4.74 Å². The van der Waals surface area contributed by atoms with Gasteiger partial charge < -0.3 is 14.8 Å². The lowest BCUT2D eigenvalue weighted by Gasteiger charge is -2.08. The average molecular weight is 353 g/mol. The molecule has 0 unspecified atom stereocenters. The third kappa shape index (κ3) is 4.56. The summed E-state index contributed by atoms with van der Waals surface area (Å²) in [6.45, 7) is 2.08. The van der Waals surface area contributed by atoms with Crippen molar-refractivity contribution in [1.29, 1.82) is 0 Å². The van der Waals surface area contributed by atoms with Gasteiger partial charge in [0.15, 0.2) is 0 Å². The van der Waals surface area contributed by atoms with Crippen LogP contribution in [0.25, 0.3) is 0 Å². The van der Waals surface area contributed by atoms with Crippen molar-refractivity contribution < 1.29 is 23.9 Å². The molecular weight excluding hydrogens is 330 g/mol. The summed E-state index contributed by atoms with van der Waals surface area (Å²) in [4.78, 5) is 36.5. The van der Waals surface area contributed by atoms with Crippen molar-refractivity contribution in [3.8, 4) is 0 Å². The van der Waals surface area contributed by atoms with E-state index in [-0.39, 0.29) is 17.8 Å². The molecule has 0 bridgehead atoms. The van der Waals surface area contributed by atoms with E-state index in [1.165, 1.54) is 23.3 Å². The zero-order valence-electron chi connectivity index (χ0n) is 14.1. The second-order valence-corrected chi connectivity index (χ2v) is 6.72. The van der Waals surface area contributed by atoms with Gasteiger partial charge in [-0.15, -0.1) is 11.3 Å². The molecular formula is C17H23NO5S. The number of hydrogen-bond donors (Lipinski definition) is 1. The molecule has 0 radical (unpaired) electrons. The van der Waals surface area contributed by atoms with Gasteiger partial charge in [0.05, 0.1) is 19.3 Å². The average Bonchev–Trinajstić information content (AvgIpc) is 3.11. The first kappa shape index (κ1) is 18.4. The highest BCUT2D eigenvalue weighted by molar-refractivity contribution is 7.17. The van der Waals surface area contributed by atoms with Crippen LogP contribution in [0.4, 0.5) is 5.00 Å². The molecule has 1 N–H and O–H groups in total. The van der Waals surface area contributed by atoms with Gasteiger partial charge in [0, 0.05) is 17.7 Å². The molecule has 1 heterocycles. The molecule has 1 aromatic heterocycles. The predicted octanol–water partition coefficient (Wildman–Crippen LogP) is 3.09. The van der Waals surface area contributed by atoms with E-state index in [0.717, 1.165) is 24.8 Å². The van der Waals surface area contributed by atoms with Crippen LogP contribution in [0.5, 0.6) is 0 Å². The fraction of sp³-hybridized carbons (Fsp3) is 0.588. The second-order valence-electron chi connectivity index (χ2n) is 5.61. The van der Waals surface area contributed by atoms with E-state index < -0.39 is 0 Å². The van der Waals surface area contributed by atoms with Gasteiger partial charge in [0.2, 0.25) is 5.91 Å². The van der Waals surface area contributed by atoms with Crippen LogP contribution in [-0.4, -0.2) is 31.6 Å². The molecule has 1 aromatic rings. The summed E-state index contributed by atoms with van der Waals surface area (Å²) in [5, 5.41) is 3.44. The number of nitrogens with one attached hydrogen (secondary N) is 1.